The molecule has 1 unspecified atom stereocenters. The molecule has 1 saturated heterocycles. The molecule has 1 aliphatic rings. The quantitative estimate of drug-likeness (QED) is 0.758. The van der Waals surface area contributed by atoms with Crippen LogP contribution >= 0.6 is 0 Å². The first kappa shape index (κ1) is 12.6. The van der Waals surface area contributed by atoms with E-state index >= 15 is 0 Å². The first-order valence-electron chi connectivity index (χ1n) is 6.17. The predicted molar refractivity (Wildman–Crippen MR) is 70.1 cm³/mol. The average molecular weight is 243 g/mol. The van der Waals surface area contributed by atoms with Crippen molar-refractivity contribution in [3.63, 3.8) is 0 Å². The van der Waals surface area contributed by atoms with E-state index in [4.69, 9.17) is 5.26 Å². The number of carbonyl (C=O) groups is 1. The minimum atomic E-state index is -0.168. The van der Waals surface area contributed by atoms with E-state index in [9.17, 15) is 4.79 Å². The molecule has 0 aliphatic carbocycles. The van der Waals surface area contributed by atoms with Crippen molar-refractivity contribution >= 4 is 11.6 Å². The number of benzene rings is 1. The third-order valence-corrected chi connectivity index (χ3v) is 3.33. The van der Waals surface area contributed by atoms with Gasteiger partial charge in [-0.1, -0.05) is 18.2 Å². The molecular weight excluding hydrogens is 226 g/mol. The first-order valence-corrected chi connectivity index (χ1v) is 6.17. The van der Waals surface area contributed by atoms with Crippen molar-refractivity contribution in [2.45, 2.75) is 18.9 Å². The summed E-state index contributed by atoms with van der Waals surface area (Å²) in [5.41, 5.74) is 0.942. The Bertz CT molecular complexity index is 452. The maximum absolute atomic E-state index is 12.4. The molecule has 0 radical (unpaired) electrons. The van der Waals surface area contributed by atoms with Crippen LogP contribution in [0.2, 0.25) is 0 Å². The number of nitriles is 1. The van der Waals surface area contributed by atoms with Gasteiger partial charge in [0.2, 0.25) is 5.91 Å². The largest absolute Gasteiger partial charge is 0.311 e. The van der Waals surface area contributed by atoms with Crippen molar-refractivity contribution in [3.05, 3.63) is 30.3 Å². The van der Waals surface area contributed by atoms with Crippen LogP contribution in [0.1, 0.15) is 12.8 Å². The molecule has 0 saturated carbocycles. The Labute approximate surface area is 107 Å². The van der Waals surface area contributed by atoms with Crippen LogP contribution in [0.4, 0.5) is 5.69 Å². The van der Waals surface area contributed by atoms with Crippen LogP contribution in [0.15, 0.2) is 30.3 Å². The fourth-order valence-corrected chi connectivity index (χ4v) is 2.35. The number of anilines is 1. The van der Waals surface area contributed by atoms with Gasteiger partial charge in [0.25, 0.3) is 0 Å². The molecule has 4 nitrogen and oxygen atoms in total. The molecule has 94 valence electrons. The lowest BCUT2D eigenvalue weighted by molar-refractivity contribution is -0.124. The predicted octanol–water partition coefficient (Wildman–Crippen LogP) is 1.64. The summed E-state index contributed by atoms with van der Waals surface area (Å²) in [6, 6.07) is 11.6. The normalized spacial score (nSPS) is 19.9. The molecule has 0 N–H and O–H groups in total. The van der Waals surface area contributed by atoms with E-state index in [1.165, 1.54) is 0 Å². The summed E-state index contributed by atoms with van der Waals surface area (Å²) < 4.78 is 0. The zero-order valence-electron chi connectivity index (χ0n) is 10.5. The molecule has 1 amide bonds. The van der Waals surface area contributed by atoms with Crippen molar-refractivity contribution in [2.24, 2.45) is 0 Å². The topological polar surface area (TPSA) is 47.3 Å². The van der Waals surface area contributed by atoms with Crippen LogP contribution in [0.3, 0.4) is 0 Å². The van der Waals surface area contributed by atoms with E-state index in [1.807, 2.05) is 47.2 Å². The van der Waals surface area contributed by atoms with Crippen molar-refractivity contribution in [3.8, 4) is 6.07 Å². The molecular formula is C14H17N3O. The molecule has 1 heterocycles. The standard InChI is InChI=1S/C14H17N3O/c1-16(11-9-15)13-8-5-10-17(14(13)18)12-6-3-2-4-7-12/h2-4,6-7,13H,5,8,10-11H2,1H3. The Morgan fingerprint density at radius 1 is 1.44 bits per heavy atom. The monoisotopic (exact) mass is 243 g/mol. The van der Waals surface area contributed by atoms with E-state index < -0.39 is 0 Å². The van der Waals surface area contributed by atoms with Gasteiger partial charge in [0.15, 0.2) is 0 Å². The number of likely N-dealkylation sites (N-methyl/N-ethyl adjacent to an activating group) is 1. The van der Waals surface area contributed by atoms with Gasteiger partial charge in [0.1, 0.15) is 0 Å². The zero-order chi connectivity index (χ0) is 13.0. The maximum Gasteiger partial charge on any atom is 0.244 e. The van der Waals surface area contributed by atoms with Gasteiger partial charge >= 0.3 is 0 Å². The van der Waals surface area contributed by atoms with E-state index in [1.54, 1.807) is 0 Å². The lowest BCUT2D eigenvalue weighted by Gasteiger charge is -2.36. The molecule has 1 atom stereocenters. The minimum absolute atomic E-state index is 0.102. The summed E-state index contributed by atoms with van der Waals surface area (Å²) in [6.07, 6.45) is 1.81. The van der Waals surface area contributed by atoms with Crippen LogP contribution in [0, 0.1) is 11.3 Å². The van der Waals surface area contributed by atoms with E-state index in [0.29, 0.717) is 6.54 Å². The van der Waals surface area contributed by atoms with E-state index in [-0.39, 0.29) is 11.9 Å². The molecule has 0 aromatic heterocycles. The Kier molecular flexibility index (Phi) is 3.96. The molecule has 1 aromatic rings. The van der Waals surface area contributed by atoms with Crippen molar-refractivity contribution < 1.29 is 4.79 Å². The zero-order valence-corrected chi connectivity index (χ0v) is 10.5. The summed E-state index contributed by atoms with van der Waals surface area (Å²) in [7, 11) is 1.83. The molecule has 0 bridgehead atoms. The molecule has 1 fully saturated rings. The molecule has 1 aliphatic heterocycles. The SMILES string of the molecule is CN(CC#N)C1CCCN(c2ccccc2)C1=O. The van der Waals surface area contributed by atoms with Gasteiger partial charge in [-0.05, 0) is 32.0 Å². The van der Waals surface area contributed by atoms with Crippen LogP contribution in [0.5, 0.6) is 0 Å². The second-order valence-electron chi connectivity index (χ2n) is 4.56. The van der Waals surface area contributed by atoms with Gasteiger partial charge in [0, 0.05) is 12.2 Å². The molecule has 0 spiro atoms. The molecule has 1 aromatic carbocycles. The summed E-state index contributed by atoms with van der Waals surface area (Å²) in [5.74, 6) is 0.102. The third-order valence-electron chi connectivity index (χ3n) is 3.33. The minimum Gasteiger partial charge on any atom is -0.311 e. The fourth-order valence-electron chi connectivity index (χ4n) is 2.35. The average Bonchev–Trinajstić information content (AvgIpc) is 2.40. The first-order chi connectivity index (χ1) is 8.74. The number of piperidine rings is 1. The Morgan fingerprint density at radius 3 is 2.83 bits per heavy atom. The maximum atomic E-state index is 12.4. The van der Waals surface area contributed by atoms with Crippen LogP contribution in [-0.2, 0) is 4.79 Å². The second-order valence-corrected chi connectivity index (χ2v) is 4.56. The highest BCUT2D eigenvalue weighted by Gasteiger charge is 2.32. The van der Waals surface area contributed by atoms with Crippen LogP contribution in [-0.4, -0.2) is 37.0 Å². The fraction of sp³-hybridized carbons (Fsp3) is 0.429. The number of hydrogen-bond donors (Lipinski definition) is 0. The summed E-state index contributed by atoms with van der Waals surface area (Å²) >= 11 is 0. The second kappa shape index (κ2) is 5.65. The molecule has 18 heavy (non-hydrogen) atoms. The third kappa shape index (κ3) is 2.52. The van der Waals surface area contributed by atoms with Gasteiger partial charge in [-0.3, -0.25) is 9.69 Å². The Balaban J connectivity index is 2.15. The summed E-state index contributed by atoms with van der Waals surface area (Å²) in [6.45, 7) is 1.05. The van der Waals surface area contributed by atoms with Crippen LogP contribution < -0.4 is 4.90 Å². The van der Waals surface area contributed by atoms with E-state index in [2.05, 4.69) is 6.07 Å². The van der Waals surface area contributed by atoms with E-state index in [0.717, 1.165) is 25.1 Å². The number of para-hydroxylation sites is 1. The number of carbonyl (C=O) groups excluding carboxylic acids is 1. The highest BCUT2D eigenvalue weighted by Crippen LogP contribution is 2.22. The van der Waals surface area contributed by atoms with Crippen molar-refractivity contribution in [1.82, 2.24) is 4.90 Å². The lowest BCUT2D eigenvalue weighted by Crippen LogP contribution is -2.51. The summed E-state index contributed by atoms with van der Waals surface area (Å²) in [4.78, 5) is 16.1. The number of hydrogen-bond acceptors (Lipinski definition) is 3. The van der Waals surface area contributed by atoms with Crippen molar-refractivity contribution in [1.29, 1.82) is 5.26 Å². The van der Waals surface area contributed by atoms with Crippen molar-refractivity contribution in [2.75, 3.05) is 25.0 Å². The van der Waals surface area contributed by atoms with Gasteiger partial charge in [-0.2, -0.15) is 5.26 Å². The number of nitrogens with zero attached hydrogens (tertiary/aromatic N) is 3. The molecule has 4 heteroatoms. The Morgan fingerprint density at radius 2 is 2.17 bits per heavy atom. The highest BCUT2D eigenvalue weighted by atomic mass is 16.2. The number of amides is 1. The summed E-state index contributed by atoms with van der Waals surface area (Å²) in [5, 5.41) is 8.72. The smallest absolute Gasteiger partial charge is 0.244 e. The lowest BCUT2D eigenvalue weighted by atomic mass is 10.0. The number of rotatable bonds is 3. The van der Waals surface area contributed by atoms with Gasteiger partial charge in [0.05, 0.1) is 18.7 Å². The van der Waals surface area contributed by atoms with Gasteiger partial charge in [-0.15, -0.1) is 0 Å². The van der Waals surface area contributed by atoms with Crippen LogP contribution in [0.25, 0.3) is 0 Å². The van der Waals surface area contributed by atoms with Gasteiger partial charge < -0.3 is 4.90 Å². The Hall–Kier alpha value is -1.86. The van der Waals surface area contributed by atoms with Gasteiger partial charge in [-0.25, -0.2) is 0 Å². The highest BCUT2D eigenvalue weighted by molar-refractivity contribution is 5.97. The molecule has 2 rings (SSSR count).